The molecule has 1 aromatic rings. The predicted octanol–water partition coefficient (Wildman–Crippen LogP) is 3.20. The average molecular weight is 278 g/mol. The van der Waals surface area contributed by atoms with Crippen molar-refractivity contribution in [2.45, 2.75) is 32.7 Å². The Labute approximate surface area is 96.8 Å². The molecule has 1 rings (SSSR count). The van der Waals surface area contributed by atoms with E-state index in [4.69, 9.17) is 5.73 Å². The van der Waals surface area contributed by atoms with Crippen LogP contribution in [0.1, 0.15) is 16.7 Å². The zero-order valence-electron chi connectivity index (χ0n) is 8.73. The predicted molar refractivity (Wildman–Crippen MR) is 61.3 cm³/mol. The highest BCUT2D eigenvalue weighted by Gasteiger charge is 2.17. The van der Waals surface area contributed by atoms with Gasteiger partial charge < -0.3 is 5.73 Å². The van der Waals surface area contributed by atoms with E-state index >= 15 is 0 Å². The van der Waals surface area contributed by atoms with Crippen LogP contribution < -0.4 is 5.73 Å². The molecule has 4 heteroatoms. The lowest BCUT2D eigenvalue weighted by Crippen LogP contribution is -2.31. The molecule has 15 heavy (non-hydrogen) atoms. The number of alkyl halides is 2. The molecule has 1 aromatic carbocycles. The quantitative estimate of drug-likeness (QED) is 0.902. The zero-order valence-corrected chi connectivity index (χ0v) is 10.3. The third-order valence-electron chi connectivity index (χ3n) is 2.47. The molecular formula is C11H14BrF2N. The molecule has 0 aliphatic carbocycles. The minimum atomic E-state index is -2.47. The summed E-state index contributed by atoms with van der Waals surface area (Å²) in [7, 11) is 0. The molecule has 0 amide bonds. The largest absolute Gasteiger partial charge is 0.323 e. The third kappa shape index (κ3) is 2.98. The number of hydrogen-bond donors (Lipinski definition) is 1. The lowest BCUT2D eigenvalue weighted by atomic mass is 10.00. The van der Waals surface area contributed by atoms with E-state index in [1.807, 2.05) is 26.0 Å². The maximum absolute atomic E-state index is 12.3. The van der Waals surface area contributed by atoms with Crippen molar-refractivity contribution in [2.24, 2.45) is 5.73 Å². The number of hydrogen-bond acceptors (Lipinski definition) is 1. The number of halogens is 3. The maximum atomic E-state index is 12.3. The molecule has 0 aliphatic heterocycles. The molecule has 0 fully saturated rings. The Morgan fingerprint density at radius 1 is 1.33 bits per heavy atom. The normalized spacial score (nSPS) is 13.3. The highest BCUT2D eigenvalue weighted by Crippen LogP contribution is 2.25. The van der Waals surface area contributed by atoms with Gasteiger partial charge in [-0.25, -0.2) is 8.78 Å². The summed E-state index contributed by atoms with van der Waals surface area (Å²) in [6.45, 7) is 3.87. The Hall–Kier alpha value is -0.480. The van der Waals surface area contributed by atoms with Gasteiger partial charge in [-0.05, 0) is 37.0 Å². The Kier molecular flexibility index (Phi) is 4.22. The average Bonchev–Trinajstić information content (AvgIpc) is 2.18. The second kappa shape index (κ2) is 5.03. The molecule has 0 radical (unpaired) electrons. The van der Waals surface area contributed by atoms with Crippen LogP contribution in [-0.2, 0) is 6.42 Å². The highest BCUT2D eigenvalue weighted by atomic mass is 79.9. The summed E-state index contributed by atoms with van der Waals surface area (Å²) in [6, 6.07) is 2.68. The van der Waals surface area contributed by atoms with Crippen LogP contribution in [0.3, 0.4) is 0 Å². The van der Waals surface area contributed by atoms with Gasteiger partial charge in [-0.2, -0.15) is 0 Å². The van der Waals surface area contributed by atoms with Gasteiger partial charge in [0.2, 0.25) is 0 Å². The topological polar surface area (TPSA) is 26.0 Å². The van der Waals surface area contributed by atoms with E-state index in [0.717, 1.165) is 21.2 Å². The van der Waals surface area contributed by atoms with Crippen LogP contribution in [0.2, 0.25) is 0 Å². The summed E-state index contributed by atoms with van der Waals surface area (Å²) in [5.41, 5.74) is 8.31. The van der Waals surface area contributed by atoms with Crippen molar-refractivity contribution in [1.29, 1.82) is 0 Å². The molecule has 0 saturated carbocycles. The van der Waals surface area contributed by atoms with Gasteiger partial charge in [0.25, 0.3) is 6.43 Å². The zero-order chi connectivity index (χ0) is 11.6. The van der Waals surface area contributed by atoms with Crippen LogP contribution in [0.15, 0.2) is 16.6 Å². The Morgan fingerprint density at radius 3 is 2.47 bits per heavy atom. The number of benzene rings is 1. The Bertz CT molecular complexity index is 353. The lowest BCUT2D eigenvalue weighted by molar-refractivity contribution is 0.116. The minimum Gasteiger partial charge on any atom is -0.323 e. The van der Waals surface area contributed by atoms with E-state index in [1.54, 1.807) is 0 Å². The summed E-state index contributed by atoms with van der Waals surface area (Å²) in [4.78, 5) is 0. The monoisotopic (exact) mass is 277 g/mol. The molecular weight excluding hydrogens is 264 g/mol. The summed E-state index contributed by atoms with van der Waals surface area (Å²) in [6.07, 6.45) is -2.26. The molecule has 1 unspecified atom stereocenters. The van der Waals surface area contributed by atoms with E-state index < -0.39 is 12.5 Å². The second-order valence-corrected chi connectivity index (χ2v) is 4.48. The number of nitrogens with two attached hydrogens (primary N) is 1. The fourth-order valence-electron chi connectivity index (χ4n) is 1.42. The van der Waals surface area contributed by atoms with Crippen LogP contribution in [0.25, 0.3) is 0 Å². The van der Waals surface area contributed by atoms with Crippen LogP contribution in [-0.4, -0.2) is 12.5 Å². The SMILES string of the molecule is Cc1ccc(CC(N)C(F)F)c(C)c1Br. The van der Waals surface area contributed by atoms with Crippen LogP contribution >= 0.6 is 15.9 Å². The minimum absolute atomic E-state index is 0.211. The van der Waals surface area contributed by atoms with E-state index in [2.05, 4.69) is 15.9 Å². The van der Waals surface area contributed by atoms with E-state index in [0.29, 0.717) is 0 Å². The van der Waals surface area contributed by atoms with Crippen molar-refractivity contribution >= 4 is 15.9 Å². The smallest absolute Gasteiger partial charge is 0.253 e. The second-order valence-electron chi connectivity index (χ2n) is 3.68. The first-order valence-corrected chi connectivity index (χ1v) is 5.51. The van der Waals surface area contributed by atoms with E-state index in [1.165, 1.54) is 0 Å². The summed E-state index contributed by atoms with van der Waals surface area (Å²) in [5, 5.41) is 0. The maximum Gasteiger partial charge on any atom is 0.253 e. The van der Waals surface area contributed by atoms with Gasteiger partial charge >= 0.3 is 0 Å². The van der Waals surface area contributed by atoms with Crippen LogP contribution in [0.5, 0.6) is 0 Å². The molecule has 1 atom stereocenters. The molecule has 0 heterocycles. The van der Waals surface area contributed by atoms with Gasteiger partial charge in [-0.1, -0.05) is 28.1 Å². The van der Waals surface area contributed by atoms with Crippen molar-refractivity contribution in [3.63, 3.8) is 0 Å². The third-order valence-corrected chi connectivity index (χ3v) is 3.69. The van der Waals surface area contributed by atoms with Gasteiger partial charge in [0.1, 0.15) is 0 Å². The first-order valence-electron chi connectivity index (χ1n) is 4.71. The summed E-state index contributed by atoms with van der Waals surface area (Å²) < 4.78 is 25.6. The summed E-state index contributed by atoms with van der Waals surface area (Å²) >= 11 is 3.43. The van der Waals surface area contributed by atoms with Gasteiger partial charge in [-0.3, -0.25) is 0 Å². The van der Waals surface area contributed by atoms with Crippen molar-refractivity contribution in [3.8, 4) is 0 Å². The molecule has 0 spiro atoms. The molecule has 0 saturated heterocycles. The standard InChI is InChI=1S/C11H14BrF2N/c1-6-3-4-8(7(2)10(6)12)5-9(15)11(13)14/h3-4,9,11H,5,15H2,1-2H3. The molecule has 2 N–H and O–H groups in total. The van der Waals surface area contributed by atoms with E-state index in [-0.39, 0.29) is 6.42 Å². The van der Waals surface area contributed by atoms with Gasteiger partial charge in [0.05, 0.1) is 6.04 Å². The van der Waals surface area contributed by atoms with Crippen molar-refractivity contribution in [1.82, 2.24) is 0 Å². The first-order chi connectivity index (χ1) is 6.93. The molecule has 84 valence electrons. The molecule has 0 bridgehead atoms. The highest BCUT2D eigenvalue weighted by molar-refractivity contribution is 9.10. The number of aryl methyl sites for hydroxylation is 1. The first kappa shape index (κ1) is 12.6. The lowest BCUT2D eigenvalue weighted by Gasteiger charge is -2.14. The van der Waals surface area contributed by atoms with E-state index in [9.17, 15) is 8.78 Å². The molecule has 0 aromatic heterocycles. The molecule has 1 nitrogen and oxygen atoms in total. The molecule has 0 aliphatic rings. The van der Waals surface area contributed by atoms with Crippen molar-refractivity contribution in [3.05, 3.63) is 33.3 Å². The Morgan fingerprint density at radius 2 is 1.93 bits per heavy atom. The van der Waals surface area contributed by atoms with Gasteiger partial charge in [0, 0.05) is 4.47 Å². The van der Waals surface area contributed by atoms with Gasteiger partial charge in [-0.15, -0.1) is 0 Å². The van der Waals surface area contributed by atoms with Crippen LogP contribution in [0.4, 0.5) is 8.78 Å². The fraction of sp³-hybridized carbons (Fsp3) is 0.455. The number of rotatable bonds is 3. The van der Waals surface area contributed by atoms with Crippen molar-refractivity contribution in [2.75, 3.05) is 0 Å². The Balaban J connectivity index is 2.92. The van der Waals surface area contributed by atoms with Gasteiger partial charge in [0.15, 0.2) is 0 Å². The summed E-state index contributed by atoms with van der Waals surface area (Å²) in [5.74, 6) is 0. The van der Waals surface area contributed by atoms with Crippen LogP contribution in [0, 0.1) is 13.8 Å². The van der Waals surface area contributed by atoms with Crippen molar-refractivity contribution < 1.29 is 8.78 Å². The fourth-order valence-corrected chi connectivity index (χ4v) is 1.81.